The lowest BCUT2D eigenvalue weighted by Crippen LogP contribution is -2.53. The van der Waals surface area contributed by atoms with E-state index in [1.54, 1.807) is 18.2 Å². The van der Waals surface area contributed by atoms with Crippen LogP contribution in [0.5, 0.6) is 5.75 Å². The smallest absolute Gasteiger partial charge is 0.262 e. The molecule has 0 aromatic heterocycles. The van der Waals surface area contributed by atoms with E-state index < -0.39 is 0 Å². The SMILES string of the molecule is CC(CN)(NC(=O)c1ccc2c(c1)NC(=O)CO2)C1CC1.Cl. The van der Waals surface area contributed by atoms with Crippen molar-refractivity contribution in [2.75, 3.05) is 18.5 Å². The second-order valence-electron chi connectivity index (χ2n) is 5.90. The number of anilines is 1. The van der Waals surface area contributed by atoms with E-state index in [9.17, 15) is 9.59 Å². The van der Waals surface area contributed by atoms with Crippen LogP contribution < -0.4 is 21.1 Å². The number of fused-ring (bicyclic) bond motifs is 1. The fraction of sp³-hybridized carbons (Fsp3) is 0.467. The number of carbonyl (C=O) groups excluding carboxylic acids is 2. The second kappa shape index (κ2) is 6.14. The van der Waals surface area contributed by atoms with E-state index in [0.29, 0.717) is 29.5 Å². The zero-order valence-electron chi connectivity index (χ0n) is 12.3. The molecule has 1 saturated carbocycles. The van der Waals surface area contributed by atoms with E-state index in [2.05, 4.69) is 10.6 Å². The molecule has 2 aliphatic rings. The van der Waals surface area contributed by atoms with Crippen LogP contribution in [0.1, 0.15) is 30.1 Å². The van der Waals surface area contributed by atoms with Gasteiger partial charge in [0, 0.05) is 12.1 Å². The van der Waals surface area contributed by atoms with Crippen LogP contribution in [0.3, 0.4) is 0 Å². The van der Waals surface area contributed by atoms with Gasteiger partial charge in [0.25, 0.3) is 11.8 Å². The molecule has 3 rings (SSSR count). The molecule has 0 radical (unpaired) electrons. The van der Waals surface area contributed by atoms with Crippen LogP contribution >= 0.6 is 12.4 Å². The first-order chi connectivity index (χ1) is 10.0. The van der Waals surface area contributed by atoms with Crippen LogP contribution in [0.2, 0.25) is 0 Å². The first-order valence-electron chi connectivity index (χ1n) is 7.11. The van der Waals surface area contributed by atoms with Gasteiger partial charge in [-0.3, -0.25) is 9.59 Å². The number of nitrogens with two attached hydrogens (primary N) is 1. The summed E-state index contributed by atoms with van der Waals surface area (Å²) in [7, 11) is 0. The summed E-state index contributed by atoms with van der Waals surface area (Å²) < 4.78 is 5.28. The van der Waals surface area contributed by atoms with Gasteiger partial charge in [0.2, 0.25) is 0 Å². The van der Waals surface area contributed by atoms with E-state index in [-0.39, 0.29) is 36.4 Å². The van der Waals surface area contributed by atoms with Crippen molar-refractivity contribution < 1.29 is 14.3 Å². The van der Waals surface area contributed by atoms with Crippen LogP contribution in [0.15, 0.2) is 18.2 Å². The van der Waals surface area contributed by atoms with Gasteiger partial charge in [-0.25, -0.2) is 0 Å². The van der Waals surface area contributed by atoms with E-state index >= 15 is 0 Å². The molecule has 2 amide bonds. The van der Waals surface area contributed by atoms with Gasteiger partial charge < -0.3 is 21.1 Å². The normalized spacial score (nSPS) is 18.9. The quantitative estimate of drug-likeness (QED) is 0.777. The molecule has 1 atom stereocenters. The lowest BCUT2D eigenvalue weighted by molar-refractivity contribution is -0.118. The van der Waals surface area contributed by atoms with Gasteiger partial charge in [0.05, 0.1) is 11.2 Å². The van der Waals surface area contributed by atoms with Gasteiger partial charge >= 0.3 is 0 Å². The monoisotopic (exact) mass is 325 g/mol. The Morgan fingerprint density at radius 1 is 1.50 bits per heavy atom. The minimum Gasteiger partial charge on any atom is -0.482 e. The standard InChI is InChI=1S/C15H19N3O3.ClH/c1-15(8-16,10-3-4-10)18-14(20)9-2-5-12-11(6-9)17-13(19)7-21-12;/h2,5-6,10H,3-4,7-8,16H2,1H3,(H,17,19)(H,18,20);1H. The highest BCUT2D eigenvalue weighted by molar-refractivity contribution is 6.00. The number of amides is 2. The molecule has 0 spiro atoms. The molecule has 120 valence electrons. The third-order valence-corrected chi connectivity index (χ3v) is 4.18. The molecule has 0 saturated heterocycles. The molecule has 1 heterocycles. The number of rotatable bonds is 4. The highest BCUT2D eigenvalue weighted by Gasteiger charge is 2.41. The highest BCUT2D eigenvalue weighted by atomic mass is 35.5. The van der Waals surface area contributed by atoms with Gasteiger partial charge in [-0.2, -0.15) is 0 Å². The van der Waals surface area contributed by atoms with Crippen molar-refractivity contribution in [1.82, 2.24) is 5.32 Å². The summed E-state index contributed by atoms with van der Waals surface area (Å²) in [6.45, 7) is 2.39. The van der Waals surface area contributed by atoms with Crippen LogP contribution in [-0.4, -0.2) is 30.5 Å². The van der Waals surface area contributed by atoms with Gasteiger partial charge in [0.1, 0.15) is 5.75 Å². The number of carbonyl (C=O) groups is 2. The average molecular weight is 326 g/mol. The summed E-state index contributed by atoms with van der Waals surface area (Å²) >= 11 is 0. The van der Waals surface area contributed by atoms with Crippen molar-refractivity contribution in [3.8, 4) is 5.75 Å². The maximum atomic E-state index is 12.4. The number of benzene rings is 1. The van der Waals surface area contributed by atoms with Crippen molar-refractivity contribution in [1.29, 1.82) is 0 Å². The van der Waals surface area contributed by atoms with Crippen molar-refractivity contribution in [3.05, 3.63) is 23.8 Å². The molecular weight excluding hydrogens is 306 g/mol. The van der Waals surface area contributed by atoms with Gasteiger partial charge in [-0.1, -0.05) is 0 Å². The molecule has 1 aromatic carbocycles. The van der Waals surface area contributed by atoms with Crippen LogP contribution in [0, 0.1) is 5.92 Å². The lowest BCUT2D eigenvalue weighted by atomic mass is 9.95. The fourth-order valence-corrected chi connectivity index (χ4v) is 2.60. The molecule has 0 bridgehead atoms. The summed E-state index contributed by atoms with van der Waals surface area (Å²) in [6.07, 6.45) is 2.20. The van der Waals surface area contributed by atoms with Gasteiger partial charge in [-0.15, -0.1) is 12.4 Å². The molecule has 7 heteroatoms. The van der Waals surface area contributed by atoms with Gasteiger partial charge in [0.15, 0.2) is 6.61 Å². The number of ether oxygens (including phenoxy) is 1. The minimum atomic E-state index is -0.368. The average Bonchev–Trinajstić information content (AvgIpc) is 3.31. The Bertz CT molecular complexity index is 604. The van der Waals surface area contributed by atoms with Crippen molar-refractivity contribution >= 4 is 29.9 Å². The molecule has 1 aromatic rings. The largest absolute Gasteiger partial charge is 0.482 e. The minimum absolute atomic E-state index is 0. The highest BCUT2D eigenvalue weighted by Crippen LogP contribution is 2.39. The molecule has 1 aliphatic heterocycles. The van der Waals surface area contributed by atoms with E-state index in [1.165, 1.54) is 0 Å². The zero-order valence-corrected chi connectivity index (χ0v) is 13.2. The molecule has 4 N–H and O–H groups in total. The van der Waals surface area contributed by atoms with Crippen LogP contribution in [0.4, 0.5) is 5.69 Å². The third kappa shape index (κ3) is 3.18. The molecular formula is C15H20ClN3O3. The molecule has 1 fully saturated rings. The zero-order chi connectivity index (χ0) is 15.0. The first kappa shape index (κ1) is 16.6. The molecule has 22 heavy (non-hydrogen) atoms. The van der Waals surface area contributed by atoms with Crippen molar-refractivity contribution in [3.63, 3.8) is 0 Å². The Balaban J connectivity index is 0.00000176. The Kier molecular flexibility index (Phi) is 4.63. The Hall–Kier alpha value is -1.79. The number of nitrogens with one attached hydrogen (secondary N) is 2. The number of hydrogen-bond acceptors (Lipinski definition) is 4. The summed E-state index contributed by atoms with van der Waals surface area (Å²) in [6, 6.07) is 5.02. The Labute approximate surface area is 135 Å². The predicted octanol–water partition coefficient (Wildman–Crippen LogP) is 1.30. The van der Waals surface area contributed by atoms with Gasteiger partial charge in [-0.05, 0) is 43.9 Å². The molecule has 1 aliphatic carbocycles. The maximum absolute atomic E-state index is 12.4. The third-order valence-electron chi connectivity index (χ3n) is 4.18. The first-order valence-corrected chi connectivity index (χ1v) is 7.11. The second-order valence-corrected chi connectivity index (χ2v) is 5.90. The summed E-state index contributed by atoms with van der Waals surface area (Å²) in [5, 5.41) is 5.72. The lowest BCUT2D eigenvalue weighted by Gasteiger charge is -2.29. The van der Waals surface area contributed by atoms with Crippen molar-refractivity contribution in [2.45, 2.75) is 25.3 Å². The summed E-state index contributed by atoms with van der Waals surface area (Å²) in [5.41, 5.74) is 6.46. The van der Waals surface area contributed by atoms with Crippen LogP contribution in [-0.2, 0) is 4.79 Å². The van der Waals surface area contributed by atoms with Crippen LogP contribution in [0.25, 0.3) is 0 Å². The summed E-state index contributed by atoms with van der Waals surface area (Å²) in [4.78, 5) is 23.7. The van der Waals surface area contributed by atoms with E-state index in [4.69, 9.17) is 10.5 Å². The van der Waals surface area contributed by atoms with E-state index in [1.807, 2.05) is 6.92 Å². The van der Waals surface area contributed by atoms with E-state index in [0.717, 1.165) is 12.8 Å². The summed E-state index contributed by atoms with van der Waals surface area (Å²) in [5.74, 6) is 0.629. The fourth-order valence-electron chi connectivity index (χ4n) is 2.60. The Morgan fingerprint density at radius 3 is 2.86 bits per heavy atom. The molecule has 6 nitrogen and oxygen atoms in total. The number of hydrogen-bond donors (Lipinski definition) is 3. The number of halogens is 1. The Morgan fingerprint density at radius 2 is 2.23 bits per heavy atom. The maximum Gasteiger partial charge on any atom is 0.262 e. The molecule has 1 unspecified atom stereocenters. The topological polar surface area (TPSA) is 93.5 Å². The predicted molar refractivity (Wildman–Crippen MR) is 85.5 cm³/mol. The van der Waals surface area contributed by atoms with Crippen molar-refractivity contribution in [2.24, 2.45) is 11.7 Å².